The van der Waals surface area contributed by atoms with Crippen LogP contribution in [-0.4, -0.2) is 33.9 Å². The quantitative estimate of drug-likeness (QED) is 0.603. The third-order valence-electron chi connectivity index (χ3n) is 6.38. The molecule has 0 aliphatic carbocycles. The van der Waals surface area contributed by atoms with Crippen LogP contribution in [0, 0.1) is 23.1 Å². The van der Waals surface area contributed by atoms with Gasteiger partial charge >= 0.3 is 0 Å². The van der Waals surface area contributed by atoms with E-state index < -0.39 is 11.4 Å². The summed E-state index contributed by atoms with van der Waals surface area (Å²) in [6.07, 6.45) is 4.04. The maximum Gasteiger partial charge on any atom is 0.151 e. The van der Waals surface area contributed by atoms with Crippen LogP contribution in [0.3, 0.4) is 0 Å². The SMILES string of the molecule is CC1CCN(c2ccc(F)c(C(=N)c3cccnc3)n2)CC1C(C)(O)c1ccccc1. The van der Waals surface area contributed by atoms with E-state index in [-0.39, 0.29) is 17.3 Å². The van der Waals surface area contributed by atoms with Crippen molar-refractivity contribution < 1.29 is 9.50 Å². The molecule has 3 heterocycles. The molecule has 1 aliphatic rings. The molecule has 3 atom stereocenters. The topological polar surface area (TPSA) is 73.1 Å². The molecule has 0 bridgehead atoms. The number of hydrogen-bond acceptors (Lipinski definition) is 5. The highest BCUT2D eigenvalue weighted by Gasteiger charge is 2.41. The number of rotatable bonds is 5. The molecular formula is C25H27FN4O. The van der Waals surface area contributed by atoms with Crippen LogP contribution in [0.2, 0.25) is 0 Å². The minimum Gasteiger partial charge on any atom is -0.385 e. The van der Waals surface area contributed by atoms with Gasteiger partial charge < -0.3 is 10.0 Å². The van der Waals surface area contributed by atoms with Crippen LogP contribution in [-0.2, 0) is 5.60 Å². The Morgan fingerprint density at radius 1 is 1.16 bits per heavy atom. The fraction of sp³-hybridized carbons (Fsp3) is 0.320. The molecule has 0 spiro atoms. The average molecular weight is 419 g/mol. The van der Waals surface area contributed by atoms with Crippen LogP contribution in [0.15, 0.2) is 67.0 Å². The van der Waals surface area contributed by atoms with E-state index in [1.54, 1.807) is 24.4 Å². The number of aromatic nitrogens is 2. The summed E-state index contributed by atoms with van der Waals surface area (Å²) in [7, 11) is 0. The number of anilines is 1. The fourth-order valence-corrected chi connectivity index (χ4v) is 4.43. The van der Waals surface area contributed by atoms with Gasteiger partial charge in [-0.1, -0.05) is 37.3 Å². The molecule has 160 valence electrons. The number of halogens is 1. The molecule has 1 fully saturated rings. The van der Waals surface area contributed by atoms with Gasteiger partial charge in [-0.2, -0.15) is 0 Å². The second-order valence-electron chi connectivity index (χ2n) is 8.45. The van der Waals surface area contributed by atoms with E-state index in [1.807, 2.05) is 37.3 Å². The van der Waals surface area contributed by atoms with Crippen molar-refractivity contribution >= 4 is 11.5 Å². The highest BCUT2D eigenvalue weighted by atomic mass is 19.1. The third-order valence-corrected chi connectivity index (χ3v) is 6.38. The third kappa shape index (κ3) is 4.21. The molecule has 2 N–H and O–H groups in total. The lowest BCUT2D eigenvalue weighted by Crippen LogP contribution is -2.49. The number of nitrogens with zero attached hydrogens (tertiary/aromatic N) is 3. The second-order valence-corrected chi connectivity index (χ2v) is 8.45. The van der Waals surface area contributed by atoms with Crippen molar-refractivity contribution in [2.75, 3.05) is 18.0 Å². The predicted molar refractivity (Wildman–Crippen MR) is 120 cm³/mol. The molecule has 3 aromatic rings. The van der Waals surface area contributed by atoms with Crippen molar-refractivity contribution in [2.24, 2.45) is 11.8 Å². The van der Waals surface area contributed by atoms with Crippen LogP contribution in [0.4, 0.5) is 10.2 Å². The summed E-state index contributed by atoms with van der Waals surface area (Å²) in [4.78, 5) is 10.6. The lowest BCUT2D eigenvalue weighted by molar-refractivity contribution is -0.0329. The van der Waals surface area contributed by atoms with E-state index in [0.717, 1.165) is 18.5 Å². The van der Waals surface area contributed by atoms with Crippen LogP contribution in [0.25, 0.3) is 0 Å². The van der Waals surface area contributed by atoms with Crippen molar-refractivity contribution in [1.82, 2.24) is 9.97 Å². The first-order valence-corrected chi connectivity index (χ1v) is 10.6. The zero-order chi connectivity index (χ0) is 22.0. The molecule has 4 rings (SSSR count). The molecule has 31 heavy (non-hydrogen) atoms. The lowest BCUT2D eigenvalue weighted by Gasteiger charge is -2.45. The average Bonchev–Trinajstić information content (AvgIpc) is 2.80. The van der Waals surface area contributed by atoms with Crippen LogP contribution in [0.5, 0.6) is 0 Å². The Balaban J connectivity index is 1.62. The largest absolute Gasteiger partial charge is 0.385 e. The van der Waals surface area contributed by atoms with Gasteiger partial charge in [0.25, 0.3) is 0 Å². The van der Waals surface area contributed by atoms with Crippen molar-refractivity contribution in [3.63, 3.8) is 0 Å². The molecule has 2 aromatic heterocycles. The molecule has 1 aromatic carbocycles. The van der Waals surface area contributed by atoms with Gasteiger partial charge in [0.15, 0.2) is 5.82 Å². The van der Waals surface area contributed by atoms with Crippen LogP contribution < -0.4 is 4.90 Å². The molecule has 1 saturated heterocycles. The van der Waals surface area contributed by atoms with E-state index in [4.69, 9.17) is 5.41 Å². The summed E-state index contributed by atoms with van der Waals surface area (Å²) >= 11 is 0. The normalized spacial score (nSPS) is 20.8. The zero-order valence-corrected chi connectivity index (χ0v) is 17.8. The first-order chi connectivity index (χ1) is 14.9. The fourth-order valence-electron chi connectivity index (χ4n) is 4.43. The number of pyridine rings is 2. The minimum atomic E-state index is -0.995. The van der Waals surface area contributed by atoms with Gasteiger partial charge in [-0.3, -0.25) is 10.4 Å². The van der Waals surface area contributed by atoms with E-state index in [2.05, 4.69) is 21.8 Å². The number of nitrogens with one attached hydrogen (secondary N) is 1. The molecule has 0 radical (unpaired) electrons. The monoisotopic (exact) mass is 418 g/mol. The summed E-state index contributed by atoms with van der Waals surface area (Å²) in [5, 5.41) is 19.8. The molecule has 6 heteroatoms. The highest BCUT2D eigenvalue weighted by Crippen LogP contribution is 2.39. The van der Waals surface area contributed by atoms with Crippen LogP contribution in [0.1, 0.15) is 37.1 Å². The van der Waals surface area contributed by atoms with Gasteiger partial charge in [-0.25, -0.2) is 9.37 Å². The molecule has 3 unspecified atom stereocenters. The Hall–Kier alpha value is -3.12. The molecule has 5 nitrogen and oxygen atoms in total. The van der Waals surface area contributed by atoms with E-state index in [1.165, 1.54) is 12.3 Å². The predicted octanol–water partition coefficient (Wildman–Crippen LogP) is 4.40. The van der Waals surface area contributed by atoms with E-state index in [9.17, 15) is 9.50 Å². The smallest absolute Gasteiger partial charge is 0.151 e. The van der Waals surface area contributed by atoms with Gasteiger partial charge in [0.2, 0.25) is 0 Å². The molecule has 1 aliphatic heterocycles. The Morgan fingerprint density at radius 3 is 2.65 bits per heavy atom. The summed E-state index contributed by atoms with van der Waals surface area (Å²) < 4.78 is 14.5. The van der Waals surface area contributed by atoms with Gasteiger partial charge in [-0.05, 0) is 49.1 Å². The van der Waals surface area contributed by atoms with E-state index >= 15 is 0 Å². The summed E-state index contributed by atoms with van der Waals surface area (Å²) in [5.74, 6) is 0.387. The number of aliphatic hydroxyl groups is 1. The van der Waals surface area contributed by atoms with Crippen molar-refractivity contribution in [3.05, 3.63) is 89.6 Å². The minimum absolute atomic E-state index is 0.00524. The Kier molecular flexibility index (Phi) is 5.83. The zero-order valence-electron chi connectivity index (χ0n) is 17.8. The van der Waals surface area contributed by atoms with E-state index in [0.29, 0.717) is 23.8 Å². The first kappa shape index (κ1) is 21.1. The highest BCUT2D eigenvalue weighted by molar-refractivity contribution is 6.09. The summed E-state index contributed by atoms with van der Waals surface area (Å²) in [6, 6.07) is 16.2. The van der Waals surface area contributed by atoms with Crippen LogP contribution >= 0.6 is 0 Å². The second kappa shape index (κ2) is 8.55. The standard InChI is InChI=1S/C25H27FN4O/c1-17-12-14-30(16-20(17)25(2,31)19-8-4-3-5-9-19)22-11-10-21(26)24(29-22)23(27)18-7-6-13-28-15-18/h3-11,13,15,17,20,27,31H,12,14,16H2,1-2H3. The van der Waals surface area contributed by atoms with Gasteiger partial charge in [0.1, 0.15) is 11.5 Å². The summed E-state index contributed by atoms with van der Waals surface area (Å²) in [6.45, 7) is 5.40. The van der Waals surface area contributed by atoms with Gasteiger partial charge in [-0.15, -0.1) is 0 Å². The Bertz CT molecular complexity index is 1060. The molecule has 0 saturated carbocycles. The van der Waals surface area contributed by atoms with Crippen molar-refractivity contribution in [1.29, 1.82) is 5.41 Å². The number of hydrogen-bond donors (Lipinski definition) is 2. The number of piperidine rings is 1. The van der Waals surface area contributed by atoms with Crippen molar-refractivity contribution in [2.45, 2.75) is 25.9 Å². The maximum atomic E-state index is 14.5. The summed E-state index contributed by atoms with van der Waals surface area (Å²) in [5.41, 5.74) is 0.425. The number of benzene rings is 1. The van der Waals surface area contributed by atoms with Gasteiger partial charge in [0, 0.05) is 37.0 Å². The maximum absolute atomic E-state index is 14.5. The Labute approximate surface area is 182 Å². The van der Waals surface area contributed by atoms with Gasteiger partial charge in [0.05, 0.1) is 11.3 Å². The molecular weight excluding hydrogens is 391 g/mol. The first-order valence-electron chi connectivity index (χ1n) is 10.6. The Morgan fingerprint density at radius 2 is 1.94 bits per heavy atom. The molecule has 0 amide bonds. The van der Waals surface area contributed by atoms with Crippen molar-refractivity contribution in [3.8, 4) is 0 Å². The lowest BCUT2D eigenvalue weighted by atomic mass is 9.73.